The third-order valence-corrected chi connectivity index (χ3v) is 18.4. The number of benzene rings is 1. The van der Waals surface area contributed by atoms with Gasteiger partial charge in [0, 0.05) is 94.4 Å². The molecule has 0 saturated carbocycles. The number of carboxylic acids is 1. The molecule has 4 aromatic rings. The van der Waals surface area contributed by atoms with E-state index in [-0.39, 0.29) is 83.8 Å². The molecule has 9 heterocycles. The Kier molecular flexibility index (Phi) is 23.7. The fourth-order valence-corrected chi connectivity index (χ4v) is 13.8. The normalized spacial score (nSPS) is 18.3. The number of rotatable bonds is 25. The lowest BCUT2D eigenvalue weighted by Crippen LogP contribution is -2.71. The van der Waals surface area contributed by atoms with Crippen LogP contribution in [-0.4, -0.2) is 167 Å². The summed E-state index contributed by atoms with van der Waals surface area (Å²) < 4.78 is 22.0. The summed E-state index contributed by atoms with van der Waals surface area (Å²) in [5, 5.41) is 45.6. The lowest BCUT2D eigenvalue weighted by molar-refractivity contribution is -0.689. The molecule has 0 radical (unpaired) electrons. The number of carboxylic acid groups (broad SMARTS) is 1. The highest BCUT2D eigenvalue weighted by molar-refractivity contribution is 8.00. The van der Waals surface area contributed by atoms with E-state index < -0.39 is 88.2 Å². The van der Waals surface area contributed by atoms with E-state index in [4.69, 9.17) is 40.1 Å². The van der Waals surface area contributed by atoms with Gasteiger partial charge in [0.1, 0.15) is 71.1 Å². The van der Waals surface area contributed by atoms with Crippen molar-refractivity contribution in [3.05, 3.63) is 166 Å². The monoisotopic (exact) mass is 1430 g/mol. The van der Waals surface area contributed by atoms with Gasteiger partial charge in [-0.25, -0.2) is 14.4 Å². The fourth-order valence-electron chi connectivity index (χ4n) is 10.6. The number of nitrogens with two attached hydrogens (primary N) is 1. The van der Waals surface area contributed by atoms with Crippen LogP contribution in [-0.2, 0) is 70.7 Å². The maximum absolute atomic E-state index is 13.9. The van der Waals surface area contributed by atoms with Crippen LogP contribution in [0, 0.1) is 22.9 Å². The van der Waals surface area contributed by atoms with Crippen LogP contribution in [0.15, 0.2) is 159 Å². The van der Waals surface area contributed by atoms with E-state index in [0.29, 0.717) is 50.5 Å². The van der Waals surface area contributed by atoms with Gasteiger partial charge in [0.25, 0.3) is 35.4 Å². The number of nitrogen functional groups attached to an aromatic ring is 1. The van der Waals surface area contributed by atoms with Crippen molar-refractivity contribution in [3.8, 4) is 29.3 Å². The first kappa shape index (κ1) is 73.3. The van der Waals surface area contributed by atoms with Crippen LogP contribution in [0.2, 0.25) is 0 Å². The van der Waals surface area contributed by atoms with Crippen LogP contribution in [0.25, 0.3) is 17.2 Å². The Morgan fingerprint density at radius 3 is 2.07 bits per heavy atom. The van der Waals surface area contributed by atoms with Crippen LogP contribution >= 0.6 is 35.1 Å². The van der Waals surface area contributed by atoms with Gasteiger partial charge >= 0.3 is 11.9 Å². The molecule has 101 heavy (non-hydrogen) atoms. The minimum Gasteiger partial charge on any atom is -0.543 e. The molecule has 6 amide bonds. The average molecular weight is 1430 g/mol. The quantitative estimate of drug-likeness (QED) is 0.0105. The molecule has 4 atom stereocenters. The first-order valence-electron chi connectivity index (χ1n) is 30.6. The zero-order valence-corrected chi connectivity index (χ0v) is 57.4. The molecule has 6 aliphatic heterocycles. The highest BCUT2D eigenvalue weighted by atomic mass is 32.2. The second-order valence-electron chi connectivity index (χ2n) is 22.9. The molecule has 0 spiro atoms. The summed E-state index contributed by atoms with van der Waals surface area (Å²) in [6, 6.07) is 8.48. The number of β-lactam (4-membered cyclic amide) rings is 2. The first-order chi connectivity index (χ1) is 48.5. The highest BCUT2D eigenvalue weighted by Crippen LogP contribution is 2.43. The number of carbonyl (C=O) groups excluding carboxylic acids is 9. The molecule has 35 heteroatoms. The summed E-state index contributed by atoms with van der Waals surface area (Å²) in [4.78, 5) is 142. The lowest BCUT2D eigenvalue weighted by atomic mass is 9.99. The van der Waals surface area contributed by atoms with Gasteiger partial charge in [-0.3, -0.25) is 54.0 Å². The minimum absolute atomic E-state index is 0.0635. The number of anilines is 1. The molecule has 32 nitrogen and oxygen atoms in total. The zero-order chi connectivity index (χ0) is 72.8. The van der Waals surface area contributed by atoms with E-state index in [9.17, 15) is 48.3 Å². The maximum atomic E-state index is 13.9. The number of aromatic nitrogens is 4. The lowest BCUT2D eigenvalue weighted by Gasteiger charge is -2.50. The number of nitrogens with zero attached hydrogens (tertiary/aromatic N) is 11. The van der Waals surface area contributed by atoms with Crippen LogP contribution in [0.4, 0.5) is 5.13 Å². The predicted molar refractivity (Wildman–Crippen MR) is 365 cm³/mol. The van der Waals surface area contributed by atoms with E-state index in [1.54, 1.807) is 138 Å². The molecule has 0 bridgehead atoms. The SMILES string of the molecule is C=CC1=C(C(=O)NC#N)N=CC1=C1C=CN(CC2=C(C(=O)OCc3ccc(OC)cc3)N3C(=O)C(NC(=O)/C(CC(=O)OC(C)(C)C)=N/OCC)C3SC2)C=C1.C=Cc1c(-c2cc[n+](CC3=C(C(=O)[O-])N4C(=O)C(NC(=O)C(=NOCC)c5nsc(N)n5)C4SC3)cc2)c[nH]c1C(=O)NC#N. The van der Waals surface area contributed by atoms with Crippen LogP contribution in [0.1, 0.15) is 68.5 Å². The molecule has 10 rings (SSSR count). The Hall–Kier alpha value is -11.9. The number of hydrogen-bond donors (Lipinski definition) is 6. The van der Waals surface area contributed by atoms with E-state index >= 15 is 0 Å². The van der Waals surface area contributed by atoms with Crippen LogP contribution in [0.5, 0.6) is 5.75 Å². The fraction of sp³-hybridized carbons (Fsp3) is 0.288. The van der Waals surface area contributed by atoms with Gasteiger partial charge < -0.3 is 60.0 Å². The number of esters is 2. The summed E-state index contributed by atoms with van der Waals surface area (Å²) in [7, 11) is 1.55. The number of aliphatic carboxylic acids is 1. The minimum atomic E-state index is -1.52. The third-order valence-electron chi connectivity index (χ3n) is 15.2. The molecular weight excluding hydrogens is 1370 g/mol. The van der Waals surface area contributed by atoms with E-state index in [2.05, 4.69) is 64.1 Å². The molecular formula is C66H65N17O15S3. The van der Waals surface area contributed by atoms with Crippen LogP contribution in [0.3, 0.4) is 0 Å². The van der Waals surface area contributed by atoms with Gasteiger partial charge in [0.05, 0.1) is 25.2 Å². The van der Waals surface area contributed by atoms with Crippen molar-refractivity contribution < 1.29 is 76.7 Å². The number of amides is 6. The smallest absolute Gasteiger partial charge is 0.355 e. The Morgan fingerprint density at radius 2 is 1.49 bits per heavy atom. The van der Waals surface area contributed by atoms with Crippen molar-refractivity contribution in [1.29, 1.82) is 10.5 Å². The summed E-state index contributed by atoms with van der Waals surface area (Å²) >= 11 is 3.51. The van der Waals surface area contributed by atoms with Gasteiger partial charge in [-0.15, -0.1) is 23.5 Å². The van der Waals surface area contributed by atoms with Crippen molar-refractivity contribution in [3.63, 3.8) is 0 Å². The Labute approximate surface area is 589 Å². The maximum Gasteiger partial charge on any atom is 0.355 e. The van der Waals surface area contributed by atoms with Gasteiger partial charge in [-0.2, -0.15) is 19.9 Å². The van der Waals surface area contributed by atoms with Gasteiger partial charge in [-0.1, -0.05) is 47.8 Å². The highest BCUT2D eigenvalue weighted by Gasteiger charge is 2.56. The molecule has 1 aromatic carbocycles. The topological polar surface area (TPSA) is 437 Å². The molecule has 4 unspecified atom stereocenters. The molecule has 2 fully saturated rings. The van der Waals surface area contributed by atoms with E-state index in [1.807, 2.05) is 4.90 Å². The number of pyridine rings is 1. The largest absolute Gasteiger partial charge is 0.543 e. The van der Waals surface area contributed by atoms with Crippen molar-refractivity contribution >= 4 is 117 Å². The van der Waals surface area contributed by atoms with Gasteiger partial charge in [0.15, 0.2) is 42.2 Å². The number of aromatic amines is 1. The number of nitriles is 2. The first-order valence-corrected chi connectivity index (χ1v) is 33.5. The number of thioether (sulfide) groups is 2. The van der Waals surface area contributed by atoms with Crippen molar-refractivity contribution in [2.45, 2.75) is 82.6 Å². The number of fused-ring (bicyclic) bond motifs is 2. The molecule has 6 aliphatic rings. The number of oxime groups is 2. The number of hydrogen-bond acceptors (Lipinski definition) is 27. The number of aliphatic imine (C=N–C) groups is 1. The molecule has 0 aliphatic carbocycles. The summed E-state index contributed by atoms with van der Waals surface area (Å²) in [5.41, 5.74) is 9.86. The summed E-state index contributed by atoms with van der Waals surface area (Å²) in [6.45, 7) is 16.6. The molecule has 7 N–H and O–H groups in total. The number of nitrogens with one attached hydrogen (secondary N) is 5. The van der Waals surface area contributed by atoms with E-state index in [1.165, 1.54) is 46.8 Å². The Balaban J connectivity index is 0.000000241. The second kappa shape index (κ2) is 32.6. The standard InChI is InChI=1S/C39H41N7O9S.C27H24N10O6S2/c1-7-27-28(18-41-31(27)35(49)42-22-40)24-13-15-45(16-14-24)19-25-21-56-37-32(43-34(48)29(44-54-8-2)17-30(47)55-39(3,4)5)36(50)46(37)33(25)38(51)53-20-23-9-11-26(52-6)12-10-23;1-3-15-16(9-30-17(15)22(38)31-12-28)13-5-7-36(8-6-13)10-14-11-44-25-19(24(40)37(25)20(14)26(41)42)32-23(39)18(34-43-4-2)21-33-27(29)45-35-21/h7,9-16,18,32,37H,1,8,17,19-21H2,2-6H3,(H,42,49)(H,43,48);3,5-9,19,25H,1,4,10-11H2,2H3,(H5,29,31,32,33,35,38,39,41,42)/b44-29+;. The van der Waals surface area contributed by atoms with Gasteiger partial charge in [-0.05, 0) is 81.2 Å². The number of carbonyl (C=O) groups is 9. The summed E-state index contributed by atoms with van der Waals surface area (Å²) in [6.07, 6.45) is 19.5. The van der Waals surface area contributed by atoms with Crippen LogP contribution < -0.4 is 41.4 Å². The Morgan fingerprint density at radius 1 is 0.861 bits per heavy atom. The zero-order valence-electron chi connectivity index (χ0n) is 55.0. The van der Waals surface area contributed by atoms with Crippen molar-refractivity contribution in [2.75, 3.05) is 44.1 Å². The third kappa shape index (κ3) is 16.8. The van der Waals surface area contributed by atoms with E-state index in [0.717, 1.165) is 27.6 Å². The molecule has 2 saturated heterocycles. The average Bonchev–Trinajstić information content (AvgIpc) is 1.54. The molecule has 3 aromatic heterocycles. The van der Waals surface area contributed by atoms with Crippen molar-refractivity contribution in [2.24, 2.45) is 15.3 Å². The second-order valence-corrected chi connectivity index (χ2v) is 25.8. The molecule has 522 valence electrons. The number of allylic oxidation sites excluding steroid dienone is 6. The number of H-pyrrole nitrogens is 1. The van der Waals surface area contributed by atoms with Crippen molar-refractivity contribution in [1.82, 2.24) is 50.3 Å². The van der Waals surface area contributed by atoms with Gasteiger partial charge in [0.2, 0.25) is 11.5 Å². The summed E-state index contributed by atoms with van der Waals surface area (Å²) in [5.74, 6) is -5.77. The Bertz CT molecular complexity index is 4410. The number of ether oxygens (including phenoxy) is 3. The number of methoxy groups -OCH3 is 1. The predicted octanol–water partition coefficient (Wildman–Crippen LogP) is 2.38.